The summed E-state index contributed by atoms with van der Waals surface area (Å²) in [6.45, 7) is 7.21. The molecule has 80 heavy (non-hydrogen) atoms. The molecule has 1 heterocycles. The monoisotopic (exact) mass is 1020 g/mol. The molecule has 12 aromatic carbocycles. The summed E-state index contributed by atoms with van der Waals surface area (Å²) in [4.78, 5) is 2.35. The summed E-state index contributed by atoms with van der Waals surface area (Å²) in [5.74, 6) is 0. The van der Waals surface area contributed by atoms with Gasteiger partial charge in [0.1, 0.15) is 0 Å². The molecule has 2 aliphatic rings. The maximum Gasteiger partial charge on any atom is 0.0726 e. The highest BCUT2D eigenvalue weighted by molar-refractivity contribution is 6.10. The lowest BCUT2D eigenvalue weighted by Crippen LogP contribution is -2.27. The first-order chi connectivity index (χ1) is 39.5. The standard InChI is InChI=1S/C78H54N2/c1-3-64-67-26-9-13-31-72(67)78(73-32-14-10-27-68(73)69-28-11-15-33-74(69)78)75(64)49-52(2)79(61-46-41-58(42-47-61)66-30-18-22-57-21-7-8-25-65(57)66)63-24-17-23-59(50-63)55-35-37-56(38-36-55)60-43-48-77-71(51-60)70-29-12-16-34-76(70)80(77)62-44-39-54(40-45-62)53-19-5-4-6-20-53/h3-51H,2H2,1H3/b64-3-,75-49+. The summed E-state index contributed by atoms with van der Waals surface area (Å²) in [5, 5.41) is 4.94. The van der Waals surface area contributed by atoms with E-state index in [1.54, 1.807) is 0 Å². The lowest BCUT2D eigenvalue weighted by Gasteiger charge is -2.33. The lowest BCUT2D eigenvalue weighted by atomic mass is 9.70. The van der Waals surface area contributed by atoms with E-state index >= 15 is 0 Å². The van der Waals surface area contributed by atoms with Crippen LogP contribution >= 0.6 is 0 Å². The smallest absolute Gasteiger partial charge is 0.0726 e. The molecule has 0 aliphatic heterocycles. The van der Waals surface area contributed by atoms with Crippen LogP contribution in [0.1, 0.15) is 29.2 Å². The number of benzene rings is 12. The molecular formula is C78H54N2. The van der Waals surface area contributed by atoms with Crippen LogP contribution in [0.2, 0.25) is 0 Å². The minimum atomic E-state index is -0.529. The third kappa shape index (κ3) is 7.41. The van der Waals surface area contributed by atoms with Crippen molar-refractivity contribution in [1.29, 1.82) is 0 Å². The fourth-order valence-corrected chi connectivity index (χ4v) is 13.4. The van der Waals surface area contributed by atoms with Crippen molar-refractivity contribution in [3.63, 3.8) is 0 Å². The molecule has 0 fully saturated rings. The second-order valence-corrected chi connectivity index (χ2v) is 21.2. The van der Waals surface area contributed by atoms with Crippen LogP contribution in [0.25, 0.3) is 99.5 Å². The predicted molar refractivity (Wildman–Crippen MR) is 338 cm³/mol. The van der Waals surface area contributed by atoms with E-state index in [-0.39, 0.29) is 0 Å². The number of nitrogens with zero attached hydrogens (tertiary/aromatic N) is 2. The minimum Gasteiger partial charge on any atom is -0.311 e. The van der Waals surface area contributed by atoms with Gasteiger partial charge in [0.2, 0.25) is 0 Å². The average molecular weight is 1020 g/mol. The van der Waals surface area contributed by atoms with Crippen molar-refractivity contribution >= 4 is 49.5 Å². The third-order valence-corrected chi connectivity index (χ3v) is 16.9. The normalized spacial score (nSPS) is 14.0. The van der Waals surface area contributed by atoms with Gasteiger partial charge in [-0.25, -0.2) is 0 Å². The van der Waals surface area contributed by atoms with Gasteiger partial charge < -0.3 is 9.47 Å². The van der Waals surface area contributed by atoms with E-state index in [1.165, 1.54) is 110 Å². The summed E-state index contributed by atoms with van der Waals surface area (Å²) < 4.78 is 2.39. The Morgan fingerprint density at radius 2 is 0.863 bits per heavy atom. The maximum absolute atomic E-state index is 5.03. The fraction of sp³-hybridized carbons (Fsp3) is 0.0256. The fourth-order valence-electron chi connectivity index (χ4n) is 13.4. The topological polar surface area (TPSA) is 8.17 Å². The van der Waals surface area contributed by atoms with E-state index in [4.69, 9.17) is 6.58 Å². The largest absolute Gasteiger partial charge is 0.311 e. The summed E-state index contributed by atoms with van der Waals surface area (Å²) >= 11 is 0. The van der Waals surface area contributed by atoms with E-state index in [0.29, 0.717) is 0 Å². The Hall–Kier alpha value is -10.3. The van der Waals surface area contributed by atoms with Gasteiger partial charge >= 0.3 is 0 Å². The molecule has 1 aromatic heterocycles. The Kier molecular flexibility index (Phi) is 11.2. The number of para-hydroxylation sites is 1. The summed E-state index contributed by atoms with van der Waals surface area (Å²) in [6.07, 6.45) is 4.68. The van der Waals surface area contributed by atoms with Gasteiger partial charge in [0.05, 0.1) is 16.4 Å². The van der Waals surface area contributed by atoms with E-state index in [0.717, 1.165) is 33.9 Å². The lowest BCUT2D eigenvalue weighted by molar-refractivity contribution is 0.793. The van der Waals surface area contributed by atoms with Gasteiger partial charge in [-0.05, 0) is 167 Å². The Morgan fingerprint density at radius 3 is 1.57 bits per heavy atom. The number of rotatable bonds is 9. The van der Waals surface area contributed by atoms with Crippen LogP contribution in [0.5, 0.6) is 0 Å². The number of allylic oxidation sites excluding steroid dienone is 4. The second-order valence-electron chi connectivity index (χ2n) is 21.2. The summed E-state index contributed by atoms with van der Waals surface area (Å²) in [6, 6.07) is 104. The van der Waals surface area contributed by atoms with E-state index in [1.807, 2.05) is 0 Å². The van der Waals surface area contributed by atoms with Gasteiger partial charge in [0.15, 0.2) is 0 Å². The molecule has 15 rings (SSSR count). The molecule has 1 spiro atoms. The van der Waals surface area contributed by atoms with E-state index in [9.17, 15) is 0 Å². The van der Waals surface area contributed by atoms with Crippen molar-refractivity contribution < 1.29 is 0 Å². The van der Waals surface area contributed by atoms with Gasteiger partial charge in [-0.1, -0.05) is 243 Å². The van der Waals surface area contributed by atoms with E-state index < -0.39 is 5.41 Å². The number of fused-ring (bicyclic) bond motifs is 11. The quantitative estimate of drug-likeness (QED) is 0.140. The molecule has 13 aromatic rings. The van der Waals surface area contributed by atoms with Gasteiger partial charge in [0.25, 0.3) is 0 Å². The van der Waals surface area contributed by atoms with Crippen LogP contribution in [0, 0.1) is 0 Å². The van der Waals surface area contributed by atoms with Gasteiger partial charge in [-0.15, -0.1) is 0 Å². The molecule has 0 radical (unpaired) electrons. The van der Waals surface area contributed by atoms with Crippen LogP contribution in [0.15, 0.2) is 315 Å². The second kappa shape index (κ2) is 19.0. The summed E-state index contributed by atoms with van der Waals surface area (Å²) in [5.41, 5.74) is 25.5. The molecule has 0 bridgehead atoms. The van der Waals surface area contributed by atoms with Crippen molar-refractivity contribution in [2.75, 3.05) is 4.90 Å². The Labute approximate surface area is 467 Å². The van der Waals surface area contributed by atoms with Crippen LogP contribution in [0.4, 0.5) is 11.4 Å². The molecule has 376 valence electrons. The van der Waals surface area contributed by atoms with Gasteiger partial charge in [0, 0.05) is 33.5 Å². The predicted octanol–water partition coefficient (Wildman–Crippen LogP) is 20.6. The first-order valence-electron chi connectivity index (χ1n) is 27.7. The molecule has 0 saturated heterocycles. The number of anilines is 2. The van der Waals surface area contributed by atoms with E-state index in [2.05, 4.69) is 314 Å². The highest BCUT2D eigenvalue weighted by Crippen LogP contribution is 2.64. The van der Waals surface area contributed by atoms with Crippen molar-refractivity contribution in [2.24, 2.45) is 0 Å². The van der Waals surface area contributed by atoms with Gasteiger partial charge in [-0.3, -0.25) is 0 Å². The van der Waals surface area contributed by atoms with Crippen LogP contribution in [0.3, 0.4) is 0 Å². The van der Waals surface area contributed by atoms with Crippen LogP contribution in [-0.4, -0.2) is 4.57 Å². The SMILES string of the molecule is C=C(/C=C1\C(=C/C)c2ccccc2C12c1ccccc1-c1ccccc12)N(c1ccc(-c2cccc3ccccc23)cc1)c1cccc(-c2ccc(-c3ccc4c(c3)c3ccccc3n4-c3ccc(-c4ccccc4)cc3)cc2)c1. The Bertz CT molecular complexity index is 4600. The van der Waals surface area contributed by atoms with Crippen LogP contribution < -0.4 is 4.90 Å². The third-order valence-electron chi connectivity index (χ3n) is 16.9. The molecule has 0 amide bonds. The molecule has 2 nitrogen and oxygen atoms in total. The molecule has 2 heteroatoms. The van der Waals surface area contributed by atoms with Gasteiger partial charge in [-0.2, -0.15) is 0 Å². The Balaban J connectivity index is 0.819. The molecule has 0 atom stereocenters. The zero-order valence-electron chi connectivity index (χ0n) is 44.4. The highest BCUT2D eigenvalue weighted by Gasteiger charge is 2.53. The van der Waals surface area contributed by atoms with Crippen molar-refractivity contribution in [1.82, 2.24) is 4.57 Å². The van der Waals surface area contributed by atoms with Crippen molar-refractivity contribution in [3.8, 4) is 61.3 Å². The molecule has 0 N–H and O–H groups in total. The highest BCUT2D eigenvalue weighted by atomic mass is 15.1. The number of hydrogen-bond donors (Lipinski definition) is 0. The zero-order chi connectivity index (χ0) is 53.3. The molecule has 0 saturated carbocycles. The summed E-state index contributed by atoms with van der Waals surface area (Å²) in [7, 11) is 0. The molecule has 0 unspecified atom stereocenters. The maximum atomic E-state index is 5.03. The average Bonchev–Trinajstić information content (AvgIpc) is 3.77. The Morgan fingerprint density at radius 1 is 0.375 bits per heavy atom. The molecule has 2 aliphatic carbocycles. The van der Waals surface area contributed by atoms with Crippen molar-refractivity contribution in [2.45, 2.75) is 12.3 Å². The van der Waals surface area contributed by atoms with Crippen molar-refractivity contribution in [3.05, 3.63) is 337 Å². The molecular weight excluding hydrogens is 965 g/mol. The number of aromatic nitrogens is 1. The first kappa shape index (κ1) is 47.0. The van der Waals surface area contributed by atoms with Crippen LogP contribution in [-0.2, 0) is 5.41 Å². The first-order valence-corrected chi connectivity index (χ1v) is 27.7. The zero-order valence-corrected chi connectivity index (χ0v) is 44.4. The minimum absolute atomic E-state index is 0.529. The number of hydrogen-bond acceptors (Lipinski definition) is 1.